The van der Waals surface area contributed by atoms with Crippen LogP contribution >= 0.6 is 11.3 Å². The van der Waals surface area contributed by atoms with E-state index in [1.165, 1.54) is 11.3 Å². The van der Waals surface area contributed by atoms with Gasteiger partial charge in [0, 0.05) is 5.38 Å². The molecule has 102 valence electrons. The summed E-state index contributed by atoms with van der Waals surface area (Å²) in [7, 11) is 0. The molecule has 1 saturated heterocycles. The molecule has 1 aromatic heterocycles. The smallest absolute Gasteiger partial charge is 0.257 e. The predicted octanol–water partition coefficient (Wildman–Crippen LogP) is 2.13. The van der Waals surface area contributed by atoms with E-state index in [9.17, 15) is 9.59 Å². The number of piperazine rings is 1. The number of nitrogens with one attached hydrogen (secondary N) is 1. The fourth-order valence-electron chi connectivity index (χ4n) is 2.44. The van der Waals surface area contributed by atoms with E-state index >= 15 is 0 Å². The molecule has 0 saturated carbocycles. The van der Waals surface area contributed by atoms with Gasteiger partial charge in [-0.15, -0.1) is 0 Å². The van der Waals surface area contributed by atoms with E-state index in [0.29, 0.717) is 0 Å². The zero-order chi connectivity index (χ0) is 14.2. The van der Waals surface area contributed by atoms with E-state index in [1.807, 2.05) is 47.2 Å². The maximum Gasteiger partial charge on any atom is 0.257 e. The average Bonchev–Trinajstić information content (AvgIpc) is 2.98. The fourth-order valence-corrected chi connectivity index (χ4v) is 3.09. The minimum absolute atomic E-state index is 0.0675. The average molecular weight is 286 g/mol. The van der Waals surface area contributed by atoms with Gasteiger partial charge in [0.1, 0.15) is 12.1 Å². The molecule has 2 aromatic rings. The fraction of sp³-hybridized carbons (Fsp3) is 0.200. The van der Waals surface area contributed by atoms with Crippen LogP contribution in [0, 0.1) is 0 Å². The second kappa shape index (κ2) is 4.76. The first-order chi connectivity index (χ1) is 9.61. The van der Waals surface area contributed by atoms with Crippen LogP contribution in [0.3, 0.4) is 0 Å². The van der Waals surface area contributed by atoms with Crippen molar-refractivity contribution >= 4 is 28.8 Å². The van der Waals surface area contributed by atoms with Crippen LogP contribution in [0.15, 0.2) is 47.2 Å². The van der Waals surface area contributed by atoms with Gasteiger partial charge in [0.2, 0.25) is 5.91 Å². The normalized spacial score (nSPS) is 22.8. The molecular weight excluding hydrogens is 272 g/mol. The number of anilines is 1. The van der Waals surface area contributed by atoms with Crippen LogP contribution < -0.4 is 10.2 Å². The first-order valence-electron chi connectivity index (χ1n) is 6.32. The van der Waals surface area contributed by atoms with Crippen LogP contribution in [0.4, 0.5) is 5.69 Å². The van der Waals surface area contributed by atoms with Gasteiger partial charge >= 0.3 is 0 Å². The van der Waals surface area contributed by atoms with Gasteiger partial charge in [-0.1, -0.05) is 30.3 Å². The van der Waals surface area contributed by atoms with Crippen molar-refractivity contribution in [2.75, 3.05) is 11.4 Å². The van der Waals surface area contributed by atoms with Gasteiger partial charge in [0.15, 0.2) is 0 Å². The Hall–Kier alpha value is -2.14. The highest BCUT2D eigenvalue weighted by Gasteiger charge is 2.44. The summed E-state index contributed by atoms with van der Waals surface area (Å²) in [6, 6.07) is 11.2. The molecule has 2 heterocycles. The van der Waals surface area contributed by atoms with Crippen LogP contribution in [0.2, 0.25) is 0 Å². The molecule has 20 heavy (non-hydrogen) atoms. The Kier molecular flexibility index (Phi) is 3.06. The molecule has 1 unspecified atom stereocenters. The monoisotopic (exact) mass is 286 g/mol. The molecule has 5 heteroatoms. The minimum atomic E-state index is -1.02. The molecule has 1 aromatic carbocycles. The lowest BCUT2D eigenvalue weighted by Gasteiger charge is -2.39. The highest BCUT2D eigenvalue weighted by atomic mass is 32.1. The predicted molar refractivity (Wildman–Crippen MR) is 78.6 cm³/mol. The zero-order valence-corrected chi connectivity index (χ0v) is 11.8. The largest absolute Gasteiger partial charge is 0.337 e. The summed E-state index contributed by atoms with van der Waals surface area (Å²) in [5, 5.41) is 6.60. The number of thiophene rings is 1. The maximum absolute atomic E-state index is 12.8. The summed E-state index contributed by atoms with van der Waals surface area (Å²) in [4.78, 5) is 26.4. The van der Waals surface area contributed by atoms with Crippen LogP contribution in [-0.4, -0.2) is 18.4 Å². The van der Waals surface area contributed by atoms with Crippen molar-refractivity contribution in [3.05, 3.63) is 52.7 Å². The van der Waals surface area contributed by atoms with Crippen molar-refractivity contribution in [1.82, 2.24) is 5.32 Å². The SMILES string of the molecule is CC1(c2ccccc2)NC(=O)CN(c2ccsc2)C1=O. The number of carbonyl (C=O) groups is 2. The molecule has 0 radical (unpaired) electrons. The number of nitrogens with zero attached hydrogens (tertiary/aromatic N) is 1. The maximum atomic E-state index is 12.8. The van der Waals surface area contributed by atoms with E-state index in [-0.39, 0.29) is 18.4 Å². The Labute approximate surface area is 121 Å². The number of hydrogen-bond acceptors (Lipinski definition) is 3. The third-order valence-electron chi connectivity index (χ3n) is 3.53. The molecular formula is C15H14N2O2S. The summed E-state index contributed by atoms with van der Waals surface area (Å²) < 4.78 is 0. The van der Waals surface area contributed by atoms with Crippen molar-refractivity contribution in [2.45, 2.75) is 12.5 Å². The van der Waals surface area contributed by atoms with E-state index in [4.69, 9.17) is 0 Å². The topological polar surface area (TPSA) is 49.4 Å². The first-order valence-corrected chi connectivity index (χ1v) is 7.26. The van der Waals surface area contributed by atoms with Gasteiger partial charge in [-0.05, 0) is 23.9 Å². The lowest BCUT2D eigenvalue weighted by Crippen LogP contribution is -2.63. The van der Waals surface area contributed by atoms with Crippen molar-refractivity contribution in [3.8, 4) is 0 Å². The number of carbonyl (C=O) groups excluding carboxylic acids is 2. The summed E-state index contributed by atoms with van der Waals surface area (Å²) in [6.07, 6.45) is 0. The summed E-state index contributed by atoms with van der Waals surface area (Å²) in [5.74, 6) is -0.260. The molecule has 1 aliphatic heterocycles. The second-order valence-electron chi connectivity index (χ2n) is 4.91. The summed E-state index contributed by atoms with van der Waals surface area (Å²) in [5.41, 5.74) is 0.550. The van der Waals surface area contributed by atoms with E-state index in [2.05, 4.69) is 5.32 Å². The Balaban J connectivity index is 2.03. The van der Waals surface area contributed by atoms with Crippen molar-refractivity contribution in [1.29, 1.82) is 0 Å². The molecule has 0 spiro atoms. The van der Waals surface area contributed by atoms with Gasteiger partial charge < -0.3 is 5.32 Å². The zero-order valence-electron chi connectivity index (χ0n) is 11.0. The number of rotatable bonds is 2. The Morgan fingerprint density at radius 2 is 1.95 bits per heavy atom. The van der Waals surface area contributed by atoms with E-state index < -0.39 is 5.54 Å². The van der Waals surface area contributed by atoms with Crippen LogP contribution in [0.25, 0.3) is 0 Å². The van der Waals surface area contributed by atoms with E-state index in [0.717, 1.165) is 11.3 Å². The number of amides is 2. The molecule has 1 N–H and O–H groups in total. The molecule has 1 aliphatic rings. The molecule has 1 atom stereocenters. The molecule has 0 bridgehead atoms. The minimum Gasteiger partial charge on any atom is -0.337 e. The summed E-state index contributed by atoms with van der Waals surface area (Å²) in [6.45, 7) is 1.82. The Morgan fingerprint density at radius 3 is 2.60 bits per heavy atom. The molecule has 2 amide bonds. The van der Waals surface area contributed by atoms with Crippen LogP contribution in [0.5, 0.6) is 0 Å². The Morgan fingerprint density at radius 1 is 1.20 bits per heavy atom. The molecule has 1 fully saturated rings. The van der Waals surface area contributed by atoms with Gasteiger partial charge in [0.25, 0.3) is 5.91 Å². The van der Waals surface area contributed by atoms with Gasteiger partial charge in [-0.2, -0.15) is 11.3 Å². The lowest BCUT2D eigenvalue weighted by molar-refractivity contribution is -0.135. The van der Waals surface area contributed by atoms with Crippen LogP contribution in [-0.2, 0) is 15.1 Å². The van der Waals surface area contributed by atoms with Crippen molar-refractivity contribution in [2.24, 2.45) is 0 Å². The van der Waals surface area contributed by atoms with Crippen molar-refractivity contribution < 1.29 is 9.59 Å². The number of benzene rings is 1. The quantitative estimate of drug-likeness (QED) is 0.919. The highest BCUT2D eigenvalue weighted by Crippen LogP contribution is 2.30. The van der Waals surface area contributed by atoms with Crippen molar-refractivity contribution in [3.63, 3.8) is 0 Å². The first kappa shape index (κ1) is 12.9. The molecule has 0 aliphatic carbocycles. The van der Waals surface area contributed by atoms with Gasteiger partial charge in [-0.3, -0.25) is 14.5 Å². The molecule has 4 nitrogen and oxygen atoms in total. The highest BCUT2D eigenvalue weighted by molar-refractivity contribution is 7.08. The van der Waals surface area contributed by atoms with Gasteiger partial charge in [0.05, 0.1) is 5.69 Å². The number of hydrogen-bond donors (Lipinski definition) is 1. The molecule has 3 rings (SSSR count). The third-order valence-corrected chi connectivity index (χ3v) is 4.20. The summed E-state index contributed by atoms with van der Waals surface area (Å²) >= 11 is 1.51. The lowest BCUT2D eigenvalue weighted by atomic mass is 9.88. The third kappa shape index (κ3) is 2.00. The van der Waals surface area contributed by atoms with Gasteiger partial charge in [-0.25, -0.2) is 0 Å². The Bertz CT molecular complexity index is 639. The second-order valence-corrected chi connectivity index (χ2v) is 5.69. The van der Waals surface area contributed by atoms with Crippen LogP contribution in [0.1, 0.15) is 12.5 Å². The standard InChI is InChI=1S/C15H14N2O2S/c1-15(11-5-3-2-4-6-11)14(19)17(9-13(18)16-15)12-7-8-20-10-12/h2-8,10H,9H2,1H3,(H,16,18). The van der Waals surface area contributed by atoms with E-state index in [1.54, 1.807) is 11.8 Å².